The number of allylic oxidation sites excluding steroid dienone is 1. The molecule has 96 valence electrons. The van der Waals surface area contributed by atoms with Crippen molar-refractivity contribution in [1.82, 2.24) is 0 Å². The number of carbonyl (C=O) groups is 2. The molecule has 0 bridgehead atoms. The maximum Gasteiger partial charge on any atom is 0.305 e. The lowest BCUT2D eigenvalue weighted by atomic mass is 9.94. The van der Waals surface area contributed by atoms with Crippen LogP contribution in [0.1, 0.15) is 39.0 Å². The average molecular weight is 240 g/mol. The van der Waals surface area contributed by atoms with E-state index in [9.17, 15) is 14.7 Å². The number of ether oxygens (including phenoxy) is 1. The van der Waals surface area contributed by atoms with E-state index in [1.54, 1.807) is 6.08 Å². The normalized spacial score (nSPS) is 21.2. The molecule has 0 fully saturated rings. The molecule has 2 atom stereocenters. The molecule has 0 aromatic rings. The van der Waals surface area contributed by atoms with Crippen LogP contribution in [0.5, 0.6) is 0 Å². The minimum absolute atomic E-state index is 0.0537. The van der Waals surface area contributed by atoms with E-state index in [0.717, 1.165) is 24.8 Å². The summed E-state index contributed by atoms with van der Waals surface area (Å²) >= 11 is 0. The number of esters is 1. The SMILES string of the molecule is COC(=O)CCCCC(C)C1=CC(O)CC1=O. The third-order valence-corrected chi connectivity index (χ3v) is 3.12. The summed E-state index contributed by atoms with van der Waals surface area (Å²) in [4.78, 5) is 22.4. The smallest absolute Gasteiger partial charge is 0.305 e. The molecule has 1 aliphatic rings. The van der Waals surface area contributed by atoms with Crippen molar-refractivity contribution in [2.24, 2.45) is 5.92 Å². The lowest BCUT2D eigenvalue weighted by molar-refractivity contribution is -0.140. The molecule has 17 heavy (non-hydrogen) atoms. The van der Waals surface area contributed by atoms with E-state index in [2.05, 4.69) is 4.74 Å². The fourth-order valence-corrected chi connectivity index (χ4v) is 2.08. The van der Waals surface area contributed by atoms with Gasteiger partial charge in [0, 0.05) is 12.8 Å². The number of ketones is 1. The largest absolute Gasteiger partial charge is 0.469 e. The van der Waals surface area contributed by atoms with Crippen molar-refractivity contribution in [1.29, 1.82) is 0 Å². The highest BCUT2D eigenvalue weighted by Crippen LogP contribution is 2.26. The molecular weight excluding hydrogens is 220 g/mol. The Morgan fingerprint density at radius 3 is 2.82 bits per heavy atom. The summed E-state index contributed by atoms with van der Waals surface area (Å²) in [5.41, 5.74) is 0.746. The molecule has 1 aliphatic carbocycles. The fourth-order valence-electron chi connectivity index (χ4n) is 2.08. The van der Waals surface area contributed by atoms with Crippen LogP contribution in [0.25, 0.3) is 0 Å². The summed E-state index contributed by atoms with van der Waals surface area (Å²) in [5, 5.41) is 9.34. The van der Waals surface area contributed by atoms with Gasteiger partial charge in [-0.25, -0.2) is 0 Å². The van der Waals surface area contributed by atoms with E-state index >= 15 is 0 Å². The highest BCUT2D eigenvalue weighted by atomic mass is 16.5. The van der Waals surface area contributed by atoms with Crippen LogP contribution in [0.4, 0.5) is 0 Å². The van der Waals surface area contributed by atoms with Gasteiger partial charge in [-0.2, -0.15) is 0 Å². The van der Waals surface area contributed by atoms with Crippen LogP contribution in [0.3, 0.4) is 0 Å². The van der Waals surface area contributed by atoms with Crippen LogP contribution >= 0.6 is 0 Å². The van der Waals surface area contributed by atoms with Crippen LogP contribution in [0, 0.1) is 5.92 Å². The van der Waals surface area contributed by atoms with Crippen molar-refractivity contribution < 1.29 is 19.4 Å². The second kappa shape index (κ2) is 6.55. The first kappa shape index (κ1) is 13.9. The molecule has 0 saturated heterocycles. The van der Waals surface area contributed by atoms with E-state index in [0.29, 0.717) is 6.42 Å². The van der Waals surface area contributed by atoms with Crippen molar-refractivity contribution in [2.45, 2.75) is 45.1 Å². The molecule has 1 N–H and O–H groups in total. The highest BCUT2D eigenvalue weighted by Gasteiger charge is 2.25. The van der Waals surface area contributed by atoms with Crippen LogP contribution in [0.15, 0.2) is 11.6 Å². The number of Topliss-reactive ketones (excluding diaryl/α,β-unsaturated/α-hetero) is 1. The van der Waals surface area contributed by atoms with Crippen molar-refractivity contribution >= 4 is 11.8 Å². The van der Waals surface area contributed by atoms with Gasteiger partial charge in [-0.1, -0.05) is 13.3 Å². The van der Waals surface area contributed by atoms with E-state index in [4.69, 9.17) is 0 Å². The lowest BCUT2D eigenvalue weighted by Crippen LogP contribution is -2.07. The number of rotatable bonds is 6. The molecule has 0 saturated carbocycles. The topological polar surface area (TPSA) is 63.6 Å². The minimum atomic E-state index is -0.602. The maximum atomic E-state index is 11.5. The molecule has 0 amide bonds. The number of hydrogen-bond donors (Lipinski definition) is 1. The van der Waals surface area contributed by atoms with Gasteiger partial charge >= 0.3 is 5.97 Å². The average Bonchev–Trinajstić information content (AvgIpc) is 2.63. The molecule has 0 aliphatic heterocycles. The lowest BCUT2D eigenvalue weighted by Gasteiger charge is -2.11. The number of aliphatic hydroxyl groups is 1. The Kier molecular flexibility index (Phi) is 5.35. The quantitative estimate of drug-likeness (QED) is 0.566. The van der Waals surface area contributed by atoms with Gasteiger partial charge in [-0.15, -0.1) is 0 Å². The number of methoxy groups -OCH3 is 1. The van der Waals surface area contributed by atoms with E-state index < -0.39 is 6.10 Å². The van der Waals surface area contributed by atoms with Gasteiger partial charge in [0.15, 0.2) is 5.78 Å². The van der Waals surface area contributed by atoms with Crippen molar-refractivity contribution in [3.8, 4) is 0 Å². The Labute approximate surface area is 102 Å². The van der Waals surface area contributed by atoms with Gasteiger partial charge in [-0.05, 0) is 30.4 Å². The van der Waals surface area contributed by atoms with Crippen LogP contribution in [0.2, 0.25) is 0 Å². The van der Waals surface area contributed by atoms with Gasteiger partial charge in [-0.3, -0.25) is 9.59 Å². The Morgan fingerprint density at radius 1 is 1.59 bits per heavy atom. The number of hydrogen-bond acceptors (Lipinski definition) is 4. The predicted octanol–water partition coefficient (Wildman–Crippen LogP) is 1.62. The molecule has 4 heteroatoms. The van der Waals surface area contributed by atoms with Gasteiger partial charge in [0.25, 0.3) is 0 Å². The second-order valence-electron chi connectivity index (χ2n) is 4.54. The molecule has 1 rings (SSSR count). The van der Waals surface area contributed by atoms with Crippen LogP contribution in [-0.4, -0.2) is 30.1 Å². The number of aliphatic hydroxyl groups excluding tert-OH is 1. The standard InChI is InChI=1S/C13H20O4/c1-9(5-3-4-6-13(16)17-2)11-7-10(14)8-12(11)15/h7,9-10,14H,3-6,8H2,1-2H3. The molecule has 4 nitrogen and oxygen atoms in total. The maximum absolute atomic E-state index is 11.5. The third kappa shape index (κ3) is 4.30. The summed E-state index contributed by atoms with van der Waals surface area (Å²) in [6.07, 6.45) is 4.24. The van der Waals surface area contributed by atoms with Crippen molar-refractivity contribution in [2.75, 3.05) is 7.11 Å². The van der Waals surface area contributed by atoms with E-state index in [1.807, 2.05) is 6.92 Å². The third-order valence-electron chi connectivity index (χ3n) is 3.12. The Morgan fingerprint density at radius 2 is 2.29 bits per heavy atom. The molecule has 0 aromatic heterocycles. The van der Waals surface area contributed by atoms with Gasteiger partial charge in [0.1, 0.15) is 0 Å². The number of carbonyl (C=O) groups excluding carboxylic acids is 2. The fraction of sp³-hybridized carbons (Fsp3) is 0.692. The van der Waals surface area contributed by atoms with E-state index in [1.165, 1.54) is 7.11 Å². The zero-order valence-electron chi connectivity index (χ0n) is 10.4. The second-order valence-corrected chi connectivity index (χ2v) is 4.54. The summed E-state index contributed by atoms with van der Waals surface area (Å²) in [5.74, 6) is 0.0273. The first-order valence-electron chi connectivity index (χ1n) is 6.04. The highest BCUT2D eigenvalue weighted by molar-refractivity contribution is 5.98. The first-order valence-corrected chi connectivity index (χ1v) is 6.04. The molecule has 0 radical (unpaired) electrons. The first-order chi connectivity index (χ1) is 8.04. The van der Waals surface area contributed by atoms with Crippen molar-refractivity contribution in [3.63, 3.8) is 0 Å². The zero-order valence-corrected chi connectivity index (χ0v) is 10.4. The Balaban J connectivity index is 2.26. The van der Waals surface area contributed by atoms with Gasteiger partial charge < -0.3 is 9.84 Å². The minimum Gasteiger partial charge on any atom is -0.469 e. The van der Waals surface area contributed by atoms with Gasteiger partial charge in [0.05, 0.1) is 13.2 Å². The summed E-state index contributed by atoms with van der Waals surface area (Å²) in [6.45, 7) is 1.99. The number of unbranched alkanes of at least 4 members (excludes halogenated alkanes) is 1. The summed E-state index contributed by atoms with van der Waals surface area (Å²) in [7, 11) is 1.38. The monoisotopic (exact) mass is 240 g/mol. The Bertz CT molecular complexity index is 319. The van der Waals surface area contributed by atoms with Gasteiger partial charge in [0.2, 0.25) is 0 Å². The summed E-state index contributed by atoms with van der Waals surface area (Å²) < 4.78 is 4.55. The predicted molar refractivity (Wildman–Crippen MR) is 63.4 cm³/mol. The molecular formula is C13H20O4. The Hall–Kier alpha value is -1.16. The molecule has 0 aromatic carbocycles. The summed E-state index contributed by atoms with van der Waals surface area (Å²) in [6, 6.07) is 0. The molecule has 2 unspecified atom stereocenters. The molecule has 0 heterocycles. The molecule has 0 spiro atoms. The van der Waals surface area contributed by atoms with Crippen molar-refractivity contribution in [3.05, 3.63) is 11.6 Å². The van der Waals surface area contributed by atoms with E-state index in [-0.39, 0.29) is 24.1 Å². The van der Waals surface area contributed by atoms with Crippen LogP contribution in [-0.2, 0) is 14.3 Å². The van der Waals surface area contributed by atoms with Crippen LogP contribution < -0.4 is 0 Å². The zero-order chi connectivity index (χ0) is 12.8.